The molecule has 0 amide bonds. The molecule has 0 spiro atoms. The third-order valence-electron chi connectivity index (χ3n) is 13.5. The number of rotatable bonds is 56. The largest absolute Gasteiger partial charge is 0.462 e. The van der Waals surface area contributed by atoms with E-state index in [0.29, 0.717) is 19.3 Å². The average molecular weight is 994 g/mol. The summed E-state index contributed by atoms with van der Waals surface area (Å²) in [6.07, 6.45) is 74.9. The number of allylic oxidation sites excluding steroid dienone is 10. The lowest BCUT2D eigenvalue weighted by atomic mass is 10.0. The fraction of sp³-hybridized carbons (Fsp3) is 0.800. The van der Waals surface area contributed by atoms with Gasteiger partial charge < -0.3 is 14.2 Å². The molecule has 0 aliphatic carbocycles. The van der Waals surface area contributed by atoms with Gasteiger partial charge in [0.1, 0.15) is 13.2 Å². The number of hydrogen-bond acceptors (Lipinski definition) is 6. The van der Waals surface area contributed by atoms with E-state index in [1.165, 1.54) is 186 Å². The van der Waals surface area contributed by atoms with E-state index in [4.69, 9.17) is 14.2 Å². The molecule has 412 valence electrons. The fourth-order valence-electron chi connectivity index (χ4n) is 8.83. The van der Waals surface area contributed by atoms with Gasteiger partial charge in [-0.2, -0.15) is 0 Å². The molecular weight excluding hydrogens is 877 g/mol. The van der Waals surface area contributed by atoms with E-state index < -0.39 is 6.10 Å². The first-order chi connectivity index (χ1) is 35.0. The molecule has 0 aromatic carbocycles. The van der Waals surface area contributed by atoms with Crippen LogP contribution >= 0.6 is 0 Å². The van der Waals surface area contributed by atoms with Crippen molar-refractivity contribution in [1.29, 1.82) is 0 Å². The Morgan fingerprint density at radius 2 is 0.507 bits per heavy atom. The Morgan fingerprint density at radius 1 is 0.282 bits per heavy atom. The smallest absolute Gasteiger partial charge is 0.306 e. The predicted molar refractivity (Wildman–Crippen MR) is 307 cm³/mol. The zero-order valence-corrected chi connectivity index (χ0v) is 47.2. The van der Waals surface area contributed by atoms with E-state index in [0.717, 1.165) is 89.9 Å². The molecule has 0 radical (unpaired) electrons. The van der Waals surface area contributed by atoms with Gasteiger partial charge in [0.2, 0.25) is 0 Å². The Labute approximate surface area is 440 Å². The lowest BCUT2D eigenvalue weighted by Crippen LogP contribution is -2.30. The molecule has 0 aromatic rings. The third-order valence-corrected chi connectivity index (χ3v) is 13.5. The number of carbonyl (C=O) groups excluding carboxylic acids is 3. The highest BCUT2D eigenvalue weighted by Crippen LogP contribution is 2.16. The van der Waals surface area contributed by atoms with Crippen molar-refractivity contribution in [3.05, 3.63) is 60.8 Å². The summed E-state index contributed by atoms with van der Waals surface area (Å²) in [5.41, 5.74) is 0. The van der Waals surface area contributed by atoms with E-state index in [1.54, 1.807) is 0 Å². The average Bonchev–Trinajstić information content (AvgIpc) is 3.37. The van der Waals surface area contributed by atoms with Gasteiger partial charge >= 0.3 is 17.9 Å². The van der Waals surface area contributed by atoms with E-state index >= 15 is 0 Å². The van der Waals surface area contributed by atoms with Crippen LogP contribution in [-0.4, -0.2) is 37.2 Å². The van der Waals surface area contributed by atoms with Gasteiger partial charge in [0, 0.05) is 19.3 Å². The topological polar surface area (TPSA) is 78.9 Å². The zero-order chi connectivity index (χ0) is 51.4. The molecule has 0 aliphatic heterocycles. The lowest BCUT2D eigenvalue weighted by molar-refractivity contribution is -0.167. The van der Waals surface area contributed by atoms with Crippen molar-refractivity contribution in [3.63, 3.8) is 0 Å². The van der Waals surface area contributed by atoms with Gasteiger partial charge in [-0.25, -0.2) is 0 Å². The molecule has 1 unspecified atom stereocenters. The molecule has 0 aliphatic rings. The van der Waals surface area contributed by atoms with Gasteiger partial charge in [-0.1, -0.05) is 268 Å². The second kappa shape index (κ2) is 59.7. The summed E-state index contributed by atoms with van der Waals surface area (Å²) < 4.78 is 16.9. The summed E-state index contributed by atoms with van der Waals surface area (Å²) in [5.74, 6) is -0.883. The maximum Gasteiger partial charge on any atom is 0.306 e. The molecule has 1 atom stereocenters. The van der Waals surface area contributed by atoms with Gasteiger partial charge in [-0.05, 0) is 89.9 Å². The van der Waals surface area contributed by atoms with Gasteiger partial charge in [-0.15, -0.1) is 0 Å². The molecule has 0 aromatic heterocycles. The molecule has 71 heavy (non-hydrogen) atoms. The first-order valence-corrected chi connectivity index (χ1v) is 30.8. The Bertz CT molecular complexity index is 1280. The molecule has 6 heteroatoms. The number of unbranched alkanes of at least 4 members (excludes halogenated alkanes) is 35. The minimum absolute atomic E-state index is 0.0789. The van der Waals surface area contributed by atoms with Crippen molar-refractivity contribution < 1.29 is 28.6 Å². The van der Waals surface area contributed by atoms with Crippen molar-refractivity contribution >= 4 is 17.9 Å². The number of esters is 3. The van der Waals surface area contributed by atoms with Crippen LogP contribution in [0.15, 0.2) is 60.8 Å². The first kappa shape index (κ1) is 68.1. The van der Waals surface area contributed by atoms with Crippen molar-refractivity contribution in [2.24, 2.45) is 0 Å². The number of carbonyl (C=O) groups is 3. The monoisotopic (exact) mass is 993 g/mol. The van der Waals surface area contributed by atoms with E-state index in [9.17, 15) is 14.4 Å². The summed E-state index contributed by atoms with van der Waals surface area (Å²) in [6.45, 7) is 6.61. The molecular formula is C65H116O6. The summed E-state index contributed by atoms with van der Waals surface area (Å²) in [6, 6.07) is 0. The summed E-state index contributed by atoms with van der Waals surface area (Å²) in [7, 11) is 0. The maximum absolute atomic E-state index is 12.9. The van der Waals surface area contributed by atoms with E-state index in [-0.39, 0.29) is 31.1 Å². The Morgan fingerprint density at radius 3 is 0.817 bits per heavy atom. The second-order valence-corrected chi connectivity index (χ2v) is 20.6. The van der Waals surface area contributed by atoms with Crippen LogP contribution in [0.2, 0.25) is 0 Å². The van der Waals surface area contributed by atoms with Crippen molar-refractivity contribution in [3.8, 4) is 0 Å². The molecule has 0 heterocycles. The minimum Gasteiger partial charge on any atom is -0.462 e. The summed E-state index contributed by atoms with van der Waals surface area (Å²) in [4.78, 5) is 38.3. The van der Waals surface area contributed by atoms with Gasteiger partial charge in [-0.3, -0.25) is 14.4 Å². The highest BCUT2D eigenvalue weighted by Gasteiger charge is 2.19. The lowest BCUT2D eigenvalue weighted by Gasteiger charge is -2.18. The Kier molecular flexibility index (Phi) is 57.2. The van der Waals surface area contributed by atoms with Crippen LogP contribution < -0.4 is 0 Å². The second-order valence-electron chi connectivity index (χ2n) is 20.6. The normalized spacial score (nSPS) is 12.4. The van der Waals surface area contributed by atoms with Crippen LogP contribution in [0.5, 0.6) is 0 Å². The molecule has 0 bridgehead atoms. The van der Waals surface area contributed by atoms with Gasteiger partial charge in [0.05, 0.1) is 0 Å². The highest BCUT2D eigenvalue weighted by atomic mass is 16.6. The highest BCUT2D eigenvalue weighted by molar-refractivity contribution is 5.71. The van der Waals surface area contributed by atoms with Gasteiger partial charge in [0.25, 0.3) is 0 Å². The van der Waals surface area contributed by atoms with E-state index in [2.05, 4.69) is 81.5 Å². The van der Waals surface area contributed by atoms with Crippen molar-refractivity contribution in [2.45, 2.75) is 322 Å². The van der Waals surface area contributed by atoms with Crippen LogP contribution in [0, 0.1) is 0 Å². The quantitative estimate of drug-likeness (QED) is 0.0261. The molecule has 0 saturated carbocycles. The number of hydrogen-bond donors (Lipinski definition) is 0. The summed E-state index contributed by atoms with van der Waals surface area (Å²) >= 11 is 0. The maximum atomic E-state index is 12.9. The van der Waals surface area contributed by atoms with Crippen LogP contribution in [0.3, 0.4) is 0 Å². The standard InChI is InChI=1S/C65H116O6/c1-4-7-10-13-16-19-22-25-28-31-32-35-37-40-43-46-49-52-55-58-64(67)70-61-62(71-65(68)59-56-53-50-47-44-41-38-34-30-27-24-21-18-15-12-9-6-3)60-69-63(66)57-54-51-48-45-42-39-36-33-29-26-23-20-17-14-11-8-5-2/h16,18-19,21,25,27-28,30,32,35,62H,4-15,17,20,22-24,26,29,31,33-34,36-61H2,1-3H3/b19-16-,21-18-,28-25-,30-27-,35-32-. The van der Waals surface area contributed by atoms with Crippen molar-refractivity contribution in [2.75, 3.05) is 13.2 Å². The minimum atomic E-state index is -0.783. The third kappa shape index (κ3) is 57.9. The molecule has 0 fully saturated rings. The molecule has 0 rings (SSSR count). The van der Waals surface area contributed by atoms with Crippen LogP contribution in [0.4, 0.5) is 0 Å². The van der Waals surface area contributed by atoms with Gasteiger partial charge in [0.15, 0.2) is 6.10 Å². The predicted octanol–water partition coefficient (Wildman–Crippen LogP) is 20.8. The molecule has 6 nitrogen and oxygen atoms in total. The Hall–Kier alpha value is -2.89. The zero-order valence-electron chi connectivity index (χ0n) is 47.2. The van der Waals surface area contributed by atoms with E-state index in [1.807, 2.05) is 0 Å². The molecule has 0 N–H and O–H groups in total. The SMILES string of the molecule is CCCCC/C=C\C/C=C\C/C=C\CCCCCCCCC(=O)OCC(COC(=O)CCCCCCCCCCCCCCCCCCC)OC(=O)CCCCCCCCC/C=C\C/C=C\CCCCC. The van der Waals surface area contributed by atoms with Crippen LogP contribution in [0.25, 0.3) is 0 Å². The van der Waals surface area contributed by atoms with Crippen LogP contribution in [0.1, 0.15) is 316 Å². The first-order valence-electron chi connectivity index (χ1n) is 30.8. The summed E-state index contributed by atoms with van der Waals surface area (Å²) in [5, 5.41) is 0. The number of ether oxygens (including phenoxy) is 3. The molecule has 0 saturated heterocycles. The fourth-order valence-corrected chi connectivity index (χ4v) is 8.83. The van der Waals surface area contributed by atoms with Crippen molar-refractivity contribution in [1.82, 2.24) is 0 Å². The van der Waals surface area contributed by atoms with Crippen LogP contribution in [-0.2, 0) is 28.6 Å². The Balaban J connectivity index is 4.39.